The van der Waals surface area contributed by atoms with Crippen molar-refractivity contribution in [2.24, 2.45) is 16.6 Å². The average molecular weight is 491 g/mol. The van der Waals surface area contributed by atoms with Gasteiger partial charge in [-0.1, -0.05) is 19.1 Å². The number of pyridine rings is 1. The number of halogens is 1. The Hall–Kier alpha value is -1.83. The second kappa shape index (κ2) is 9.58. The zero-order chi connectivity index (χ0) is 18.6. The molecular weight excluding hydrogens is 461 g/mol. The third-order valence-electron chi connectivity index (χ3n) is 5.72. The van der Waals surface area contributed by atoms with E-state index in [0.29, 0.717) is 12.5 Å². The predicted octanol–water partition coefficient (Wildman–Crippen LogP) is 4.35. The first kappa shape index (κ1) is 20.9. The molecule has 0 bridgehead atoms. The monoisotopic (exact) mass is 491 g/mol. The third-order valence-corrected chi connectivity index (χ3v) is 5.72. The van der Waals surface area contributed by atoms with Gasteiger partial charge in [-0.05, 0) is 72.9 Å². The second-order valence-corrected chi connectivity index (χ2v) is 7.86. The minimum absolute atomic E-state index is 0. The van der Waals surface area contributed by atoms with Crippen LogP contribution in [-0.4, -0.2) is 24.0 Å². The van der Waals surface area contributed by atoms with Gasteiger partial charge in [0, 0.05) is 25.0 Å². The van der Waals surface area contributed by atoms with Crippen LogP contribution in [-0.2, 0) is 19.4 Å². The molecule has 2 aromatic rings. The fraction of sp³-hybridized carbons (Fsp3) is 0.455. The van der Waals surface area contributed by atoms with E-state index in [2.05, 4.69) is 57.4 Å². The van der Waals surface area contributed by atoms with Gasteiger partial charge in [0.1, 0.15) is 5.82 Å². The van der Waals surface area contributed by atoms with Gasteiger partial charge in [0.25, 0.3) is 0 Å². The van der Waals surface area contributed by atoms with Gasteiger partial charge < -0.3 is 16.0 Å². The molecule has 0 atom stereocenters. The molecule has 0 radical (unpaired) electrons. The van der Waals surface area contributed by atoms with Crippen LogP contribution in [0.4, 0.5) is 11.5 Å². The largest absolute Gasteiger partial charge is 0.370 e. The molecule has 3 N–H and O–H groups in total. The Kier molecular flexibility index (Phi) is 7.15. The summed E-state index contributed by atoms with van der Waals surface area (Å²) in [5.74, 6) is 2.34. The summed E-state index contributed by atoms with van der Waals surface area (Å²) in [6, 6.07) is 10.7. The van der Waals surface area contributed by atoms with Crippen LogP contribution >= 0.6 is 24.0 Å². The number of aliphatic imine (C=N–C) groups is 1. The number of nitrogens with zero attached hydrogens (tertiary/aromatic N) is 3. The van der Waals surface area contributed by atoms with Crippen molar-refractivity contribution < 1.29 is 0 Å². The number of piperidine rings is 1. The van der Waals surface area contributed by atoms with Crippen molar-refractivity contribution in [2.45, 2.75) is 45.6 Å². The molecule has 28 heavy (non-hydrogen) atoms. The molecule has 1 aromatic carbocycles. The normalized spacial score (nSPS) is 17.2. The SMILES string of the molecule is CC1CCN(c2ccc(CN=C(N)Nc3ccc4c(c3)CCC4)cn2)CC1.I. The molecule has 1 aromatic heterocycles. The summed E-state index contributed by atoms with van der Waals surface area (Å²) in [4.78, 5) is 11.5. The maximum Gasteiger partial charge on any atom is 0.193 e. The number of guanidine groups is 1. The summed E-state index contributed by atoms with van der Waals surface area (Å²) in [7, 11) is 0. The Morgan fingerprint density at radius 3 is 2.71 bits per heavy atom. The zero-order valence-corrected chi connectivity index (χ0v) is 18.9. The highest BCUT2D eigenvalue weighted by molar-refractivity contribution is 14.0. The Balaban J connectivity index is 0.00000225. The molecule has 0 unspecified atom stereocenters. The first-order valence-electron chi connectivity index (χ1n) is 10.1. The van der Waals surface area contributed by atoms with Gasteiger partial charge in [-0.15, -0.1) is 24.0 Å². The number of aryl methyl sites for hydroxylation is 2. The first-order valence-corrected chi connectivity index (χ1v) is 10.1. The van der Waals surface area contributed by atoms with Gasteiger partial charge in [0.05, 0.1) is 6.54 Å². The number of benzene rings is 1. The van der Waals surface area contributed by atoms with Crippen LogP contribution in [0, 0.1) is 5.92 Å². The zero-order valence-electron chi connectivity index (χ0n) is 16.5. The maximum atomic E-state index is 6.07. The van der Waals surface area contributed by atoms with Gasteiger partial charge >= 0.3 is 0 Å². The lowest BCUT2D eigenvalue weighted by Gasteiger charge is -2.31. The van der Waals surface area contributed by atoms with Crippen molar-refractivity contribution in [3.63, 3.8) is 0 Å². The lowest BCUT2D eigenvalue weighted by molar-refractivity contribution is 0.436. The molecule has 0 spiro atoms. The number of hydrogen-bond donors (Lipinski definition) is 2. The highest BCUT2D eigenvalue weighted by atomic mass is 127. The highest BCUT2D eigenvalue weighted by Crippen LogP contribution is 2.25. The summed E-state index contributed by atoms with van der Waals surface area (Å²) >= 11 is 0. The van der Waals surface area contributed by atoms with Crippen LogP contribution in [0.25, 0.3) is 0 Å². The predicted molar refractivity (Wildman–Crippen MR) is 128 cm³/mol. The Labute approximate surface area is 184 Å². The van der Waals surface area contributed by atoms with E-state index in [9.17, 15) is 0 Å². The summed E-state index contributed by atoms with van der Waals surface area (Å²) in [6.45, 7) is 5.06. The summed E-state index contributed by atoms with van der Waals surface area (Å²) in [5, 5.41) is 3.21. The summed E-state index contributed by atoms with van der Waals surface area (Å²) in [5.41, 5.74) is 11.1. The second-order valence-electron chi connectivity index (χ2n) is 7.86. The fourth-order valence-corrected chi connectivity index (χ4v) is 3.95. The lowest BCUT2D eigenvalue weighted by atomic mass is 9.99. The number of rotatable bonds is 4. The van der Waals surface area contributed by atoms with E-state index in [1.54, 1.807) is 0 Å². The average Bonchev–Trinajstić information content (AvgIpc) is 3.15. The van der Waals surface area contributed by atoms with Crippen LogP contribution in [0.1, 0.15) is 42.9 Å². The van der Waals surface area contributed by atoms with Crippen LogP contribution in [0.2, 0.25) is 0 Å². The van der Waals surface area contributed by atoms with Gasteiger partial charge in [0.15, 0.2) is 5.96 Å². The third kappa shape index (κ3) is 5.16. The van der Waals surface area contributed by atoms with Crippen LogP contribution in [0.15, 0.2) is 41.5 Å². The van der Waals surface area contributed by atoms with Crippen LogP contribution in [0.5, 0.6) is 0 Å². The molecular formula is C22H30IN5. The van der Waals surface area contributed by atoms with Crippen molar-refractivity contribution in [3.8, 4) is 0 Å². The maximum absolute atomic E-state index is 6.07. The highest BCUT2D eigenvalue weighted by Gasteiger charge is 2.16. The Morgan fingerprint density at radius 1 is 1.18 bits per heavy atom. The molecule has 0 saturated carbocycles. The Morgan fingerprint density at radius 2 is 1.96 bits per heavy atom. The number of anilines is 2. The van der Waals surface area contributed by atoms with E-state index >= 15 is 0 Å². The van der Waals surface area contributed by atoms with E-state index < -0.39 is 0 Å². The van der Waals surface area contributed by atoms with E-state index in [0.717, 1.165) is 42.5 Å². The molecule has 1 fully saturated rings. The molecule has 1 aliphatic heterocycles. The van der Waals surface area contributed by atoms with Crippen LogP contribution < -0.4 is 16.0 Å². The molecule has 2 aliphatic rings. The van der Waals surface area contributed by atoms with E-state index in [-0.39, 0.29) is 24.0 Å². The lowest BCUT2D eigenvalue weighted by Crippen LogP contribution is -2.33. The Bertz CT molecular complexity index is 810. The molecule has 5 nitrogen and oxygen atoms in total. The standard InChI is InChI=1S/C22H29N5.HI/c1-16-9-11-27(12-10-16)21-8-5-17(14-24-21)15-25-22(23)26-20-7-6-18-3-2-4-19(18)13-20;/h5-8,13-14,16H,2-4,9-12,15H2,1H3,(H3,23,25,26);1H. The van der Waals surface area contributed by atoms with Gasteiger partial charge in [-0.25, -0.2) is 9.98 Å². The van der Waals surface area contributed by atoms with Crippen molar-refractivity contribution in [3.05, 3.63) is 53.2 Å². The number of nitrogens with one attached hydrogen (secondary N) is 1. The summed E-state index contributed by atoms with van der Waals surface area (Å²) < 4.78 is 0. The molecule has 6 heteroatoms. The topological polar surface area (TPSA) is 66.5 Å². The van der Waals surface area contributed by atoms with Gasteiger partial charge in [0.2, 0.25) is 0 Å². The quantitative estimate of drug-likeness (QED) is 0.379. The van der Waals surface area contributed by atoms with Gasteiger partial charge in [-0.2, -0.15) is 0 Å². The number of aromatic nitrogens is 1. The smallest absolute Gasteiger partial charge is 0.193 e. The molecule has 150 valence electrons. The fourth-order valence-electron chi connectivity index (χ4n) is 3.95. The van der Waals surface area contributed by atoms with E-state index in [1.165, 1.54) is 36.8 Å². The molecule has 1 aliphatic carbocycles. The molecule has 2 heterocycles. The molecule has 0 amide bonds. The number of nitrogens with two attached hydrogens (primary N) is 1. The van der Waals surface area contributed by atoms with E-state index in [1.807, 2.05) is 6.20 Å². The first-order chi connectivity index (χ1) is 13.2. The van der Waals surface area contributed by atoms with Crippen molar-refractivity contribution in [1.29, 1.82) is 0 Å². The number of fused-ring (bicyclic) bond motifs is 1. The van der Waals surface area contributed by atoms with Crippen molar-refractivity contribution >= 4 is 41.4 Å². The minimum atomic E-state index is 0. The van der Waals surface area contributed by atoms with Crippen LogP contribution in [0.3, 0.4) is 0 Å². The van der Waals surface area contributed by atoms with Gasteiger partial charge in [-0.3, -0.25) is 0 Å². The van der Waals surface area contributed by atoms with E-state index in [4.69, 9.17) is 5.73 Å². The molecule has 1 saturated heterocycles. The van der Waals surface area contributed by atoms with Crippen molar-refractivity contribution in [1.82, 2.24) is 4.98 Å². The molecule has 4 rings (SSSR count). The minimum Gasteiger partial charge on any atom is -0.370 e. The summed E-state index contributed by atoms with van der Waals surface area (Å²) in [6.07, 6.45) is 8.02. The number of hydrogen-bond acceptors (Lipinski definition) is 3. The van der Waals surface area contributed by atoms with Crippen molar-refractivity contribution in [2.75, 3.05) is 23.3 Å².